The fraction of sp³-hybridized carbons (Fsp3) is 0.118. The summed E-state index contributed by atoms with van der Waals surface area (Å²) in [5.41, 5.74) is -0.563. The van der Waals surface area contributed by atoms with Gasteiger partial charge in [0.1, 0.15) is 5.69 Å². The van der Waals surface area contributed by atoms with Crippen LogP contribution in [-0.4, -0.2) is 25.4 Å². The van der Waals surface area contributed by atoms with Crippen LogP contribution >= 0.6 is 0 Å². The zero-order chi connectivity index (χ0) is 19.6. The summed E-state index contributed by atoms with van der Waals surface area (Å²) in [6.45, 7) is 0. The maximum absolute atomic E-state index is 14.0. The highest BCUT2D eigenvalue weighted by Crippen LogP contribution is 2.28. The summed E-state index contributed by atoms with van der Waals surface area (Å²) in [7, 11) is -2.81. The second-order valence-electron chi connectivity index (χ2n) is 5.42. The maximum atomic E-state index is 14.0. The quantitative estimate of drug-likeness (QED) is 0.690. The molecule has 27 heavy (non-hydrogen) atoms. The second-order valence-corrected chi connectivity index (χ2v) is 7.08. The Morgan fingerprint density at radius 1 is 1.11 bits per heavy atom. The van der Waals surface area contributed by atoms with E-state index in [1.165, 1.54) is 43.5 Å². The number of nitrogens with one attached hydrogen (secondary N) is 1. The van der Waals surface area contributed by atoms with Crippen LogP contribution in [0.15, 0.2) is 59.5 Å². The van der Waals surface area contributed by atoms with Gasteiger partial charge in [-0.1, -0.05) is 18.2 Å². The number of nitrogens with zero attached hydrogens (tertiary/aromatic N) is 2. The highest BCUT2D eigenvalue weighted by molar-refractivity contribution is 7.92. The van der Waals surface area contributed by atoms with Crippen LogP contribution in [0.1, 0.15) is 12.1 Å². The van der Waals surface area contributed by atoms with E-state index in [1.54, 1.807) is 6.07 Å². The molecule has 0 aliphatic heterocycles. The van der Waals surface area contributed by atoms with E-state index in [4.69, 9.17) is 4.74 Å². The van der Waals surface area contributed by atoms with Crippen LogP contribution in [0.2, 0.25) is 0 Å². The average molecular weight is 397 g/mol. The molecular weight excluding hydrogens is 383 g/mol. The van der Waals surface area contributed by atoms with Gasteiger partial charge in [-0.05, 0) is 36.4 Å². The molecule has 2 aromatic carbocycles. The van der Waals surface area contributed by atoms with E-state index in [-0.39, 0.29) is 21.9 Å². The predicted molar refractivity (Wildman–Crippen MR) is 92.1 cm³/mol. The number of hydrogen-bond acceptors (Lipinski definition) is 4. The van der Waals surface area contributed by atoms with Crippen LogP contribution in [0.5, 0.6) is 5.75 Å². The minimum atomic E-state index is -4.09. The lowest BCUT2D eigenvalue weighted by molar-refractivity contribution is 0.145. The van der Waals surface area contributed by atoms with Gasteiger partial charge in [-0.25, -0.2) is 13.2 Å². The topological polar surface area (TPSA) is 73.2 Å². The van der Waals surface area contributed by atoms with Crippen molar-refractivity contribution in [2.75, 3.05) is 11.9 Å². The summed E-state index contributed by atoms with van der Waals surface area (Å²) in [5.74, 6) is -0.768. The van der Waals surface area contributed by atoms with Gasteiger partial charge in [-0.15, -0.1) is 0 Å². The van der Waals surface area contributed by atoms with Crippen LogP contribution < -0.4 is 9.57 Å². The molecule has 6 nitrogen and oxygen atoms in total. The van der Waals surface area contributed by atoms with Crippen molar-refractivity contribution in [3.05, 3.63) is 66.1 Å². The molecule has 0 saturated carbocycles. The van der Waals surface area contributed by atoms with Crippen molar-refractivity contribution in [2.45, 2.75) is 11.3 Å². The normalized spacial score (nSPS) is 11.6. The molecule has 0 bridgehead atoms. The molecule has 10 heteroatoms. The summed E-state index contributed by atoms with van der Waals surface area (Å²) < 4.78 is 69.9. The van der Waals surface area contributed by atoms with Crippen molar-refractivity contribution >= 4 is 10.0 Å². The van der Waals surface area contributed by atoms with Gasteiger partial charge < -0.3 is 4.74 Å². The summed E-state index contributed by atoms with van der Waals surface area (Å²) in [6, 6.07) is 12.1. The summed E-state index contributed by atoms with van der Waals surface area (Å²) in [4.78, 5) is 2.72. The zero-order valence-corrected chi connectivity index (χ0v) is 14.8. The lowest BCUT2D eigenvalue weighted by Crippen LogP contribution is -2.25. The van der Waals surface area contributed by atoms with Crippen molar-refractivity contribution in [1.29, 1.82) is 0 Å². The second kappa shape index (κ2) is 7.31. The van der Waals surface area contributed by atoms with Crippen molar-refractivity contribution in [3.8, 4) is 17.0 Å². The van der Waals surface area contributed by atoms with Crippen LogP contribution in [0.3, 0.4) is 0 Å². The summed E-state index contributed by atoms with van der Waals surface area (Å²) in [5, 5.41) is 3.59. The van der Waals surface area contributed by atoms with Gasteiger partial charge >= 0.3 is 0 Å². The van der Waals surface area contributed by atoms with Crippen molar-refractivity contribution < 1.29 is 26.3 Å². The number of halogens is 3. The molecule has 1 aromatic heterocycles. The van der Waals surface area contributed by atoms with Gasteiger partial charge in [-0.2, -0.15) is 23.1 Å². The monoisotopic (exact) mass is 397 g/mol. The van der Waals surface area contributed by atoms with Gasteiger partial charge in [0.15, 0.2) is 11.6 Å². The lowest BCUT2D eigenvalue weighted by Gasteiger charge is -2.11. The number of rotatable bonds is 6. The number of aromatic nitrogens is 2. The van der Waals surface area contributed by atoms with Gasteiger partial charge in [0.05, 0.1) is 17.7 Å². The number of ether oxygens (including phenoxy) is 1. The molecule has 0 radical (unpaired) electrons. The van der Waals surface area contributed by atoms with Gasteiger partial charge in [-0.3, -0.25) is 0 Å². The Kier molecular flexibility index (Phi) is 5.08. The minimum Gasteiger partial charge on any atom is -0.494 e. The molecule has 0 atom stereocenters. The molecular formula is C17H14F3N3O3S. The predicted octanol–water partition coefficient (Wildman–Crippen LogP) is 3.57. The number of hydrogen-bond donors (Lipinski definition) is 1. The third kappa shape index (κ3) is 3.90. The lowest BCUT2D eigenvalue weighted by atomic mass is 10.1. The Morgan fingerprint density at radius 3 is 2.41 bits per heavy atom. The maximum Gasteiger partial charge on any atom is 0.282 e. The first-order valence-corrected chi connectivity index (χ1v) is 9.10. The van der Waals surface area contributed by atoms with Crippen LogP contribution in [0.25, 0.3) is 11.3 Å². The van der Waals surface area contributed by atoms with E-state index in [0.29, 0.717) is 4.79 Å². The van der Waals surface area contributed by atoms with E-state index in [1.807, 2.05) is 0 Å². The summed E-state index contributed by atoms with van der Waals surface area (Å²) in [6.07, 6.45) is -2.94. The third-order valence-electron chi connectivity index (χ3n) is 3.66. The molecule has 142 valence electrons. The fourth-order valence-electron chi connectivity index (χ4n) is 2.37. The highest BCUT2D eigenvalue weighted by Gasteiger charge is 2.22. The zero-order valence-electron chi connectivity index (χ0n) is 13.9. The Bertz CT molecular complexity index is 1050. The molecule has 0 unspecified atom stereocenters. The Balaban J connectivity index is 2.06. The SMILES string of the molecule is COc1ccc(-c2cc(C(F)F)nn2NS(=O)(=O)c2ccccc2)cc1F. The Morgan fingerprint density at radius 2 is 1.81 bits per heavy atom. The van der Waals surface area contributed by atoms with E-state index >= 15 is 0 Å². The van der Waals surface area contributed by atoms with Crippen LogP contribution in [0.4, 0.5) is 13.2 Å². The first kappa shape index (κ1) is 18.8. The largest absolute Gasteiger partial charge is 0.494 e. The summed E-state index contributed by atoms with van der Waals surface area (Å²) >= 11 is 0. The Hall–Kier alpha value is -3.01. The number of methoxy groups -OCH3 is 1. The van der Waals surface area contributed by atoms with Gasteiger partial charge in [0.2, 0.25) is 0 Å². The molecule has 0 spiro atoms. The van der Waals surface area contributed by atoms with Crippen molar-refractivity contribution in [2.24, 2.45) is 0 Å². The first-order chi connectivity index (χ1) is 12.8. The van der Waals surface area contributed by atoms with E-state index < -0.39 is 28.0 Å². The molecule has 0 aliphatic carbocycles. The Labute approximate surface area is 153 Å². The van der Waals surface area contributed by atoms with Crippen molar-refractivity contribution in [1.82, 2.24) is 9.89 Å². The number of sulfonamides is 1. The minimum absolute atomic E-state index is 0.0382. The van der Waals surface area contributed by atoms with E-state index in [0.717, 1.165) is 12.1 Å². The fourth-order valence-corrected chi connectivity index (χ4v) is 3.36. The van der Waals surface area contributed by atoms with Gasteiger partial charge in [0, 0.05) is 5.56 Å². The molecule has 1 N–H and O–H groups in total. The standard InChI is InChI=1S/C17H14F3N3O3S/c1-26-16-8-7-11(9-13(16)18)15-10-14(17(19)20)21-23(15)22-27(24,25)12-5-3-2-4-6-12/h2-10,17,22H,1H3. The number of alkyl halides is 2. The third-order valence-corrected chi connectivity index (χ3v) is 4.97. The van der Waals surface area contributed by atoms with Crippen LogP contribution in [0, 0.1) is 5.82 Å². The van der Waals surface area contributed by atoms with E-state index in [9.17, 15) is 21.6 Å². The highest BCUT2D eigenvalue weighted by atomic mass is 32.2. The molecule has 0 amide bonds. The molecule has 3 rings (SSSR count). The molecule has 0 fully saturated rings. The average Bonchev–Trinajstić information content (AvgIpc) is 3.06. The molecule has 3 aromatic rings. The van der Waals surface area contributed by atoms with Gasteiger partial charge in [0.25, 0.3) is 16.4 Å². The molecule has 0 aliphatic rings. The number of benzene rings is 2. The smallest absolute Gasteiger partial charge is 0.282 e. The van der Waals surface area contributed by atoms with Crippen LogP contribution in [-0.2, 0) is 10.0 Å². The van der Waals surface area contributed by atoms with Crippen molar-refractivity contribution in [3.63, 3.8) is 0 Å². The first-order valence-electron chi connectivity index (χ1n) is 7.61. The van der Waals surface area contributed by atoms with E-state index in [2.05, 4.69) is 9.93 Å². The molecule has 0 saturated heterocycles. The molecule has 1 heterocycles.